The van der Waals surface area contributed by atoms with Crippen LogP contribution in [0, 0.1) is 68.6 Å². The van der Waals surface area contributed by atoms with Crippen molar-refractivity contribution in [2.45, 2.75) is 12.7 Å². The van der Waals surface area contributed by atoms with Gasteiger partial charge in [-0.1, -0.05) is 0 Å². The Morgan fingerprint density at radius 1 is 0.571 bits per heavy atom. The first-order valence-corrected chi connectivity index (χ1v) is 10.7. The molecule has 0 heterocycles. The van der Waals surface area contributed by atoms with Crippen LogP contribution < -0.4 is 9.47 Å². The highest BCUT2D eigenvalue weighted by Gasteiger charge is 2.38. The molecule has 0 amide bonds. The number of nitrogens with zero attached hydrogens (tertiary/aromatic N) is 4. The molecule has 0 aromatic heterocycles. The number of benzene rings is 3. The van der Waals surface area contributed by atoms with Crippen molar-refractivity contribution in [3.63, 3.8) is 0 Å². The van der Waals surface area contributed by atoms with E-state index in [1.807, 2.05) is 0 Å². The van der Waals surface area contributed by atoms with Crippen molar-refractivity contribution in [3.05, 3.63) is 80.9 Å². The van der Waals surface area contributed by atoms with Crippen LogP contribution in [0.15, 0.2) is 24.3 Å². The highest BCUT2D eigenvalue weighted by Crippen LogP contribution is 2.52. The minimum absolute atomic E-state index is 0.343. The molecular weight excluding hydrogens is 590 g/mol. The number of ether oxygens (including phenoxy) is 2. The van der Waals surface area contributed by atoms with Crippen LogP contribution in [-0.4, -0.2) is 12.7 Å². The van der Waals surface area contributed by atoms with Crippen LogP contribution in [0.3, 0.4) is 0 Å². The fourth-order valence-corrected chi connectivity index (χ4v) is 4.21. The second-order valence-corrected chi connectivity index (χ2v) is 8.09. The lowest BCUT2D eigenvalue weighted by atomic mass is 9.91. The Morgan fingerprint density at radius 2 is 0.976 bits per heavy atom. The smallest absolute Gasteiger partial charge is 0.404 e. The van der Waals surface area contributed by atoms with Gasteiger partial charge >= 0.3 is 12.7 Å². The number of fused-ring (bicyclic) bond motifs is 3. The molecule has 6 nitrogen and oxygen atoms in total. The SMILES string of the molecule is N#CC(=C1c2cc(OC(F)(F)F)c(C#N)cc2-c2cc(C#N)c(OC(F)(F)F)cc21)c1c(F)c(F)c(C#N)c(F)c1F. The quantitative estimate of drug-likeness (QED) is 0.142. The van der Waals surface area contributed by atoms with Gasteiger partial charge in [0.25, 0.3) is 0 Å². The van der Waals surface area contributed by atoms with E-state index in [0.717, 1.165) is 18.2 Å². The summed E-state index contributed by atoms with van der Waals surface area (Å²) in [6, 6.07) is 7.24. The lowest BCUT2D eigenvalue weighted by molar-refractivity contribution is -0.275. The van der Waals surface area contributed by atoms with Gasteiger partial charge in [0.1, 0.15) is 41.3 Å². The Hall–Kier alpha value is -5.74. The van der Waals surface area contributed by atoms with Crippen LogP contribution in [0.4, 0.5) is 43.9 Å². The normalized spacial score (nSPS) is 11.9. The monoisotopic (exact) mass is 594 g/mol. The number of hydrogen-bond acceptors (Lipinski definition) is 6. The molecule has 0 N–H and O–H groups in total. The number of nitriles is 4. The molecule has 1 aliphatic carbocycles. The van der Waals surface area contributed by atoms with Gasteiger partial charge in [0.05, 0.1) is 22.3 Å². The highest BCUT2D eigenvalue weighted by molar-refractivity contribution is 6.14. The van der Waals surface area contributed by atoms with Crippen molar-refractivity contribution in [2.75, 3.05) is 0 Å². The predicted molar refractivity (Wildman–Crippen MR) is 117 cm³/mol. The lowest BCUT2D eigenvalue weighted by Crippen LogP contribution is -2.18. The van der Waals surface area contributed by atoms with Crippen molar-refractivity contribution in [2.24, 2.45) is 0 Å². The topological polar surface area (TPSA) is 114 Å². The fraction of sp³-hybridized carbons (Fsp3) is 0.0769. The van der Waals surface area contributed by atoms with Crippen LogP contribution >= 0.6 is 0 Å². The second-order valence-electron chi connectivity index (χ2n) is 8.09. The number of rotatable bonds is 3. The van der Waals surface area contributed by atoms with Gasteiger partial charge in [-0.25, -0.2) is 17.6 Å². The van der Waals surface area contributed by atoms with E-state index in [0.29, 0.717) is 12.1 Å². The van der Waals surface area contributed by atoms with E-state index >= 15 is 8.78 Å². The van der Waals surface area contributed by atoms with Crippen molar-refractivity contribution in [3.8, 4) is 46.9 Å². The molecule has 0 saturated carbocycles. The molecular formula is C26H4F10N4O2. The van der Waals surface area contributed by atoms with E-state index in [2.05, 4.69) is 9.47 Å². The molecule has 0 aliphatic heterocycles. The third-order valence-electron chi connectivity index (χ3n) is 5.75. The minimum Gasteiger partial charge on any atom is -0.404 e. The molecule has 3 aromatic carbocycles. The average molecular weight is 594 g/mol. The summed E-state index contributed by atoms with van der Waals surface area (Å²) < 4.78 is 145. The third-order valence-corrected chi connectivity index (χ3v) is 5.75. The zero-order valence-corrected chi connectivity index (χ0v) is 19.7. The minimum atomic E-state index is -5.41. The van der Waals surface area contributed by atoms with E-state index in [1.54, 1.807) is 0 Å². The van der Waals surface area contributed by atoms with E-state index < -0.39 is 92.0 Å². The average Bonchev–Trinajstić information content (AvgIpc) is 3.19. The first-order chi connectivity index (χ1) is 19.6. The standard InChI is InChI=1S/C26H4F10N4O2/c27-21-16(8-40)22(28)24(30)20(23(21)29)15(7-39)19-13-3-17(41-25(31,32)33)9(5-37)1-11(13)12-2-10(6-38)18(4-14(12)19)42-26(34,35)36/h1-4H. The summed E-state index contributed by atoms with van der Waals surface area (Å²) in [6.45, 7) is 0. The van der Waals surface area contributed by atoms with E-state index in [4.69, 9.17) is 5.26 Å². The second kappa shape index (κ2) is 10.0. The molecule has 1 aliphatic rings. The molecule has 0 bridgehead atoms. The number of hydrogen-bond donors (Lipinski definition) is 0. The predicted octanol–water partition coefficient (Wildman–Crippen LogP) is 7.12. The molecule has 3 aromatic rings. The molecule has 4 rings (SSSR count). The zero-order chi connectivity index (χ0) is 31.3. The Bertz CT molecular complexity index is 1790. The van der Waals surface area contributed by atoms with Gasteiger partial charge in [-0.15, -0.1) is 26.3 Å². The van der Waals surface area contributed by atoms with Crippen LogP contribution in [0.2, 0.25) is 0 Å². The number of alkyl halides is 6. The highest BCUT2D eigenvalue weighted by atomic mass is 19.4. The number of halogens is 10. The van der Waals surface area contributed by atoms with Gasteiger partial charge in [-0.2, -0.15) is 21.0 Å². The maximum Gasteiger partial charge on any atom is 0.573 e. The van der Waals surface area contributed by atoms with Crippen molar-refractivity contribution in [1.82, 2.24) is 0 Å². The molecule has 0 radical (unpaired) electrons. The zero-order valence-electron chi connectivity index (χ0n) is 19.7. The summed E-state index contributed by atoms with van der Waals surface area (Å²) >= 11 is 0. The van der Waals surface area contributed by atoms with Gasteiger partial charge in [0.2, 0.25) is 0 Å². The van der Waals surface area contributed by atoms with Crippen molar-refractivity contribution < 1.29 is 53.4 Å². The van der Waals surface area contributed by atoms with Crippen molar-refractivity contribution in [1.29, 1.82) is 21.0 Å². The van der Waals surface area contributed by atoms with Crippen LogP contribution in [0.5, 0.6) is 11.5 Å². The molecule has 0 unspecified atom stereocenters. The maximum atomic E-state index is 15.0. The van der Waals surface area contributed by atoms with E-state index in [1.165, 1.54) is 18.2 Å². The first-order valence-electron chi connectivity index (χ1n) is 10.7. The lowest BCUT2D eigenvalue weighted by Gasteiger charge is -2.15. The summed E-state index contributed by atoms with van der Waals surface area (Å²) in [5, 5.41) is 37.5. The molecule has 0 fully saturated rings. The molecule has 0 spiro atoms. The van der Waals surface area contributed by atoms with Crippen LogP contribution in [0.1, 0.15) is 33.4 Å². The molecule has 42 heavy (non-hydrogen) atoms. The maximum absolute atomic E-state index is 15.0. The van der Waals surface area contributed by atoms with Gasteiger partial charge < -0.3 is 9.47 Å². The van der Waals surface area contributed by atoms with Gasteiger partial charge in [-0.05, 0) is 46.5 Å². The summed E-state index contributed by atoms with van der Waals surface area (Å²) in [5.74, 6) is -11.5. The summed E-state index contributed by atoms with van der Waals surface area (Å²) in [4.78, 5) is 0. The van der Waals surface area contributed by atoms with Crippen LogP contribution in [0.25, 0.3) is 22.3 Å². The summed E-state index contributed by atoms with van der Waals surface area (Å²) in [6.07, 6.45) is -10.8. The molecule has 210 valence electrons. The number of allylic oxidation sites excluding steroid dienone is 1. The third kappa shape index (κ3) is 4.87. The molecule has 0 saturated heterocycles. The molecule has 16 heteroatoms. The first kappa shape index (κ1) is 29.2. The molecule has 0 atom stereocenters. The Kier molecular flexibility index (Phi) is 6.98. The van der Waals surface area contributed by atoms with Crippen molar-refractivity contribution >= 4 is 11.1 Å². The Morgan fingerprint density at radius 3 is 1.29 bits per heavy atom. The summed E-state index contributed by atoms with van der Waals surface area (Å²) in [7, 11) is 0. The summed E-state index contributed by atoms with van der Waals surface area (Å²) in [5.41, 5.74) is -9.26. The van der Waals surface area contributed by atoms with Gasteiger partial charge in [0, 0.05) is 5.57 Å². The van der Waals surface area contributed by atoms with E-state index in [9.17, 15) is 50.9 Å². The van der Waals surface area contributed by atoms with Gasteiger partial charge in [0.15, 0.2) is 23.3 Å². The van der Waals surface area contributed by atoms with E-state index in [-0.39, 0.29) is 11.1 Å². The van der Waals surface area contributed by atoms with Gasteiger partial charge in [-0.3, -0.25) is 0 Å². The largest absolute Gasteiger partial charge is 0.573 e. The fourth-order valence-electron chi connectivity index (χ4n) is 4.21. The Balaban J connectivity index is 2.23. The Labute approximate surface area is 226 Å². The van der Waals surface area contributed by atoms with Crippen LogP contribution in [-0.2, 0) is 0 Å².